The fourth-order valence-electron chi connectivity index (χ4n) is 1.43. The van der Waals surface area contributed by atoms with Gasteiger partial charge in [0.1, 0.15) is 17.1 Å². The smallest absolute Gasteiger partial charge is 0.870 e. The number of carbonyl (C=O) groups excluding carboxylic acids is 1. The molecule has 0 saturated carbocycles. The summed E-state index contributed by atoms with van der Waals surface area (Å²) in [6.45, 7) is 5.61. The van der Waals surface area contributed by atoms with Gasteiger partial charge in [0, 0.05) is 6.07 Å². The normalized spacial score (nSPS) is 9.76. The number of amides is 1. The molecule has 7 heteroatoms. The predicted molar refractivity (Wildman–Crippen MR) is 74.8 cm³/mol. The molecule has 0 spiro atoms. The minimum atomic E-state index is -0.578. The van der Waals surface area contributed by atoms with E-state index in [4.69, 9.17) is 14.2 Å². The van der Waals surface area contributed by atoms with Gasteiger partial charge in [-0.15, -0.1) is 0 Å². The maximum atomic E-state index is 11.5. The van der Waals surface area contributed by atoms with Gasteiger partial charge in [-0.1, -0.05) is 12.6 Å². The van der Waals surface area contributed by atoms with E-state index in [1.807, 2.05) is 6.07 Å². The molecule has 0 aromatic heterocycles. The van der Waals surface area contributed by atoms with Crippen LogP contribution in [-0.2, 0) is 11.3 Å². The molecule has 1 aromatic carbocycles. The Morgan fingerprint density at radius 3 is 2.29 bits per heavy atom. The van der Waals surface area contributed by atoms with Crippen LogP contribution in [0, 0.1) is 0 Å². The van der Waals surface area contributed by atoms with Crippen LogP contribution in [-0.4, -0.2) is 31.4 Å². The quantitative estimate of drug-likeness (QED) is 0.746. The number of rotatable bonds is 4. The maximum absolute atomic E-state index is 11.5. The van der Waals surface area contributed by atoms with Crippen molar-refractivity contribution in [3.8, 4) is 11.5 Å². The van der Waals surface area contributed by atoms with Crippen molar-refractivity contribution in [2.24, 2.45) is 0 Å². The molecule has 21 heavy (non-hydrogen) atoms. The SMILES string of the molecule is COc1ccc(C[N-]C(=O)OC(C)(C)C)c(OC)c1.[K+].[OH-]. The van der Waals surface area contributed by atoms with Gasteiger partial charge in [-0.05, 0) is 32.4 Å². The Morgan fingerprint density at radius 2 is 1.81 bits per heavy atom. The zero-order valence-electron chi connectivity index (χ0n) is 13.5. The van der Waals surface area contributed by atoms with Gasteiger partial charge in [0.25, 0.3) is 0 Å². The Bertz CT molecular complexity index is 445. The van der Waals surface area contributed by atoms with Crippen LogP contribution >= 0.6 is 0 Å². The molecule has 0 radical (unpaired) electrons. The summed E-state index contributed by atoms with van der Waals surface area (Å²) in [7, 11) is 3.14. The zero-order chi connectivity index (χ0) is 14.5. The molecular formula is C14H21KNO5-. The molecule has 0 aliphatic heterocycles. The Labute approximate surface area is 168 Å². The predicted octanol–water partition coefficient (Wildman–Crippen LogP) is 0.340. The van der Waals surface area contributed by atoms with Gasteiger partial charge in [-0.3, -0.25) is 4.79 Å². The van der Waals surface area contributed by atoms with Crippen LogP contribution < -0.4 is 60.9 Å². The summed E-state index contributed by atoms with van der Waals surface area (Å²) < 4.78 is 15.4. The van der Waals surface area contributed by atoms with Gasteiger partial charge in [0.05, 0.1) is 14.2 Å². The molecule has 0 unspecified atom stereocenters. The van der Waals surface area contributed by atoms with E-state index in [0.717, 1.165) is 5.56 Å². The molecule has 1 aromatic rings. The first-order valence-electron chi connectivity index (χ1n) is 5.97. The number of nitrogens with zero attached hydrogens (tertiary/aromatic N) is 1. The molecule has 0 aliphatic carbocycles. The molecular weight excluding hydrogens is 301 g/mol. The zero-order valence-corrected chi connectivity index (χ0v) is 16.6. The van der Waals surface area contributed by atoms with E-state index in [0.29, 0.717) is 11.5 Å². The van der Waals surface area contributed by atoms with Crippen molar-refractivity contribution >= 4 is 6.09 Å². The largest absolute Gasteiger partial charge is 1.00 e. The summed E-state index contributed by atoms with van der Waals surface area (Å²) in [5.74, 6) is 1.32. The first kappa shape index (κ1) is 23.0. The molecule has 0 bridgehead atoms. The van der Waals surface area contributed by atoms with Crippen LogP contribution in [0.2, 0.25) is 0 Å². The molecule has 0 aliphatic rings. The molecule has 0 saturated heterocycles. The topological polar surface area (TPSA) is 88.9 Å². The van der Waals surface area contributed by atoms with Crippen LogP contribution in [0.4, 0.5) is 4.79 Å². The minimum Gasteiger partial charge on any atom is -0.870 e. The number of hydrogen-bond acceptors (Lipinski definition) is 5. The number of carbonyl (C=O) groups is 1. The first-order chi connectivity index (χ1) is 8.85. The summed E-state index contributed by atoms with van der Waals surface area (Å²) in [5, 5.41) is 3.86. The number of hydrogen-bond donors (Lipinski definition) is 0. The Balaban J connectivity index is 0. The third-order valence-electron chi connectivity index (χ3n) is 2.27. The molecule has 0 heterocycles. The van der Waals surface area contributed by atoms with Crippen molar-refractivity contribution < 1.29 is 75.9 Å². The van der Waals surface area contributed by atoms with Crippen molar-refractivity contribution in [2.45, 2.75) is 32.9 Å². The molecule has 114 valence electrons. The van der Waals surface area contributed by atoms with Crippen molar-refractivity contribution in [3.63, 3.8) is 0 Å². The molecule has 0 atom stereocenters. The molecule has 6 nitrogen and oxygen atoms in total. The van der Waals surface area contributed by atoms with Gasteiger partial charge in [-0.25, -0.2) is 0 Å². The maximum Gasteiger partial charge on any atom is 1.00 e. The molecule has 1 rings (SSSR count). The summed E-state index contributed by atoms with van der Waals surface area (Å²) in [6.07, 6.45) is -0.578. The Hall–Kier alpha value is -0.314. The fraction of sp³-hybridized carbons (Fsp3) is 0.500. The molecule has 1 N–H and O–H groups in total. The first-order valence-corrected chi connectivity index (χ1v) is 5.97. The van der Waals surface area contributed by atoms with E-state index in [9.17, 15) is 4.79 Å². The number of benzene rings is 1. The average Bonchev–Trinajstić information content (AvgIpc) is 2.34. The van der Waals surface area contributed by atoms with Crippen LogP contribution in [0.15, 0.2) is 18.2 Å². The fourth-order valence-corrected chi connectivity index (χ4v) is 1.43. The summed E-state index contributed by atoms with van der Waals surface area (Å²) in [6, 6.07) is 5.36. The average molecular weight is 322 g/mol. The van der Waals surface area contributed by atoms with E-state index >= 15 is 0 Å². The van der Waals surface area contributed by atoms with Crippen LogP contribution in [0.1, 0.15) is 26.3 Å². The third-order valence-corrected chi connectivity index (χ3v) is 2.27. The van der Waals surface area contributed by atoms with Gasteiger partial charge >= 0.3 is 51.4 Å². The van der Waals surface area contributed by atoms with E-state index < -0.39 is 11.7 Å². The van der Waals surface area contributed by atoms with Crippen LogP contribution in [0.3, 0.4) is 0 Å². The van der Waals surface area contributed by atoms with Crippen LogP contribution in [0.5, 0.6) is 11.5 Å². The summed E-state index contributed by atoms with van der Waals surface area (Å²) in [4.78, 5) is 11.5. The van der Waals surface area contributed by atoms with Crippen molar-refractivity contribution in [2.75, 3.05) is 14.2 Å². The van der Waals surface area contributed by atoms with Crippen molar-refractivity contribution in [1.82, 2.24) is 0 Å². The number of ether oxygens (including phenoxy) is 3. The standard InChI is InChI=1S/C14H21NO4.K.H2O/c1-14(2,3)19-13(16)15-9-10-6-7-11(17-4)8-12(10)18-5;;/h6-8H,9H2,1-5H3,(H,15,16);;1H2/q;+1;/p-2. The summed E-state index contributed by atoms with van der Waals surface area (Å²) >= 11 is 0. The van der Waals surface area contributed by atoms with Gasteiger partial charge in [0.15, 0.2) is 0 Å². The van der Waals surface area contributed by atoms with Gasteiger partial charge < -0.3 is 25.0 Å². The monoisotopic (exact) mass is 322 g/mol. The molecule has 1 amide bonds. The van der Waals surface area contributed by atoms with Crippen molar-refractivity contribution in [1.29, 1.82) is 0 Å². The number of methoxy groups -OCH3 is 2. The summed E-state index contributed by atoms with van der Waals surface area (Å²) in [5.41, 5.74) is 0.263. The van der Waals surface area contributed by atoms with E-state index in [-0.39, 0.29) is 63.4 Å². The minimum absolute atomic E-state index is 0. The Morgan fingerprint density at radius 1 is 1.19 bits per heavy atom. The second-order valence-electron chi connectivity index (χ2n) is 4.97. The van der Waals surface area contributed by atoms with Crippen LogP contribution in [0.25, 0.3) is 5.32 Å². The second-order valence-corrected chi connectivity index (χ2v) is 4.97. The third kappa shape index (κ3) is 8.65. The molecule has 0 fully saturated rings. The van der Waals surface area contributed by atoms with Gasteiger partial charge in [0.2, 0.25) is 6.09 Å². The van der Waals surface area contributed by atoms with E-state index in [1.54, 1.807) is 47.1 Å². The van der Waals surface area contributed by atoms with Gasteiger partial charge in [-0.2, -0.15) is 0 Å². The van der Waals surface area contributed by atoms with E-state index in [2.05, 4.69) is 5.32 Å². The van der Waals surface area contributed by atoms with Crippen molar-refractivity contribution in [3.05, 3.63) is 29.1 Å². The second kappa shape index (κ2) is 10.4. The Kier molecular flexibility index (Phi) is 11.4. The van der Waals surface area contributed by atoms with E-state index in [1.165, 1.54) is 0 Å².